The number of aryl methyl sites for hydroxylation is 1. The molecule has 0 bridgehead atoms. The molecule has 0 aliphatic rings. The molecule has 0 fully saturated rings. The predicted molar refractivity (Wildman–Crippen MR) is 83.1 cm³/mol. The lowest BCUT2D eigenvalue weighted by Crippen LogP contribution is -2.29. The number of amides is 1. The van der Waals surface area contributed by atoms with E-state index in [2.05, 4.69) is 10.3 Å². The van der Waals surface area contributed by atoms with E-state index in [1.54, 1.807) is 13.8 Å². The summed E-state index contributed by atoms with van der Waals surface area (Å²) in [5, 5.41) is 11.8. The molecule has 0 spiro atoms. The highest BCUT2D eigenvalue weighted by atomic mass is 32.1. The summed E-state index contributed by atoms with van der Waals surface area (Å²) in [5.41, 5.74) is -0.446. The Kier molecular flexibility index (Phi) is 5.12. The molecule has 9 heteroatoms. The largest absolute Gasteiger partial charge is 0.481 e. The number of nitrogens with one attached hydrogen (secondary N) is 1. The number of aromatic nitrogens is 1. The van der Waals surface area contributed by atoms with Crippen molar-refractivity contribution in [2.45, 2.75) is 26.4 Å². The van der Waals surface area contributed by atoms with Gasteiger partial charge in [0.2, 0.25) is 0 Å². The van der Waals surface area contributed by atoms with Gasteiger partial charge >= 0.3 is 12.1 Å². The summed E-state index contributed by atoms with van der Waals surface area (Å²) in [7, 11) is 0. The van der Waals surface area contributed by atoms with Crippen molar-refractivity contribution < 1.29 is 27.9 Å². The van der Waals surface area contributed by atoms with Crippen LogP contribution in [0.3, 0.4) is 0 Å². The monoisotopic (exact) mass is 360 g/mol. The lowest BCUT2D eigenvalue weighted by atomic mass is 10.1. The van der Waals surface area contributed by atoms with E-state index < -0.39 is 23.7 Å². The van der Waals surface area contributed by atoms with Gasteiger partial charge in [0, 0.05) is 18.4 Å². The van der Waals surface area contributed by atoms with Gasteiger partial charge in [0.05, 0.1) is 4.88 Å². The molecule has 5 nitrogen and oxygen atoms in total. The van der Waals surface area contributed by atoms with Crippen LogP contribution < -0.4 is 5.32 Å². The SMILES string of the molecule is Cc1c(C(=O)NCC(C)CC(=O)O)sc2nc(C(F)(F)F)ccc12. The summed E-state index contributed by atoms with van der Waals surface area (Å²) in [6.45, 7) is 3.49. The van der Waals surface area contributed by atoms with Gasteiger partial charge in [0.15, 0.2) is 0 Å². The second-order valence-electron chi connectivity index (χ2n) is 5.52. The maximum atomic E-state index is 12.7. The lowest BCUT2D eigenvalue weighted by Gasteiger charge is -2.09. The van der Waals surface area contributed by atoms with Crippen LogP contribution in [0, 0.1) is 12.8 Å². The molecule has 0 saturated carbocycles. The fourth-order valence-electron chi connectivity index (χ4n) is 2.19. The highest BCUT2D eigenvalue weighted by Crippen LogP contribution is 2.34. The van der Waals surface area contributed by atoms with E-state index in [-0.39, 0.29) is 28.6 Å². The quantitative estimate of drug-likeness (QED) is 0.856. The Bertz CT molecular complexity index is 786. The van der Waals surface area contributed by atoms with Crippen LogP contribution >= 0.6 is 11.3 Å². The van der Waals surface area contributed by atoms with Crippen molar-refractivity contribution in [1.29, 1.82) is 0 Å². The van der Waals surface area contributed by atoms with Gasteiger partial charge in [0.25, 0.3) is 5.91 Å². The maximum absolute atomic E-state index is 12.7. The van der Waals surface area contributed by atoms with E-state index >= 15 is 0 Å². The average Bonchev–Trinajstić information content (AvgIpc) is 2.80. The molecule has 2 heterocycles. The normalized spacial score (nSPS) is 13.0. The Balaban J connectivity index is 2.21. The number of pyridine rings is 1. The molecular formula is C15H15F3N2O3S. The van der Waals surface area contributed by atoms with Gasteiger partial charge < -0.3 is 10.4 Å². The first kappa shape index (κ1) is 18.2. The molecule has 1 unspecified atom stereocenters. The van der Waals surface area contributed by atoms with Crippen molar-refractivity contribution in [2.75, 3.05) is 6.54 Å². The van der Waals surface area contributed by atoms with Crippen molar-refractivity contribution in [2.24, 2.45) is 5.92 Å². The minimum Gasteiger partial charge on any atom is -0.481 e. The number of nitrogens with zero attached hydrogens (tertiary/aromatic N) is 1. The number of carboxylic acids is 1. The summed E-state index contributed by atoms with van der Waals surface area (Å²) in [4.78, 5) is 26.8. The van der Waals surface area contributed by atoms with Gasteiger partial charge in [-0.15, -0.1) is 11.3 Å². The summed E-state index contributed by atoms with van der Waals surface area (Å²) >= 11 is 0.888. The molecule has 0 radical (unpaired) electrons. The highest BCUT2D eigenvalue weighted by Gasteiger charge is 2.33. The summed E-state index contributed by atoms with van der Waals surface area (Å²) in [5.74, 6) is -1.66. The number of carbonyl (C=O) groups is 2. The molecule has 0 aliphatic heterocycles. The molecule has 2 aromatic rings. The molecule has 1 amide bonds. The van der Waals surface area contributed by atoms with Crippen LogP contribution in [0.4, 0.5) is 13.2 Å². The summed E-state index contributed by atoms with van der Waals surface area (Å²) < 4.78 is 38.1. The number of halogens is 3. The Labute approximate surface area is 139 Å². The zero-order valence-electron chi connectivity index (χ0n) is 12.9. The zero-order chi connectivity index (χ0) is 18.1. The standard InChI is InChI=1S/C15H15F3N2O3S/c1-7(5-11(21)22)6-19-13(23)12-8(2)9-3-4-10(15(16,17)18)20-14(9)24-12/h3-4,7H,5-6H2,1-2H3,(H,19,23)(H,21,22). The molecule has 130 valence electrons. The van der Waals surface area contributed by atoms with Crippen LogP contribution in [0.25, 0.3) is 10.2 Å². The average molecular weight is 360 g/mol. The molecule has 2 rings (SSSR count). The van der Waals surface area contributed by atoms with E-state index in [1.807, 2.05) is 0 Å². The first-order valence-electron chi connectivity index (χ1n) is 7.07. The fraction of sp³-hybridized carbons (Fsp3) is 0.400. The molecule has 1 atom stereocenters. The number of carbonyl (C=O) groups excluding carboxylic acids is 1. The number of alkyl halides is 3. The fourth-order valence-corrected chi connectivity index (χ4v) is 3.29. The summed E-state index contributed by atoms with van der Waals surface area (Å²) in [6, 6.07) is 2.19. The van der Waals surface area contributed by atoms with Crippen molar-refractivity contribution in [3.05, 3.63) is 28.3 Å². The topological polar surface area (TPSA) is 79.3 Å². The van der Waals surface area contributed by atoms with Gasteiger partial charge in [-0.3, -0.25) is 9.59 Å². The molecule has 2 aromatic heterocycles. The van der Waals surface area contributed by atoms with Crippen molar-refractivity contribution in [3.8, 4) is 0 Å². The smallest absolute Gasteiger partial charge is 0.433 e. The van der Waals surface area contributed by atoms with Crippen molar-refractivity contribution in [1.82, 2.24) is 10.3 Å². The predicted octanol–water partition coefficient (Wildman–Crippen LogP) is 3.46. The van der Waals surface area contributed by atoms with E-state index in [9.17, 15) is 22.8 Å². The van der Waals surface area contributed by atoms with Crippen LogP contribution in [0.2, 0.25) is 0 Å². The Morgan fingerprint density at radius 3 is 2.62 bits per heavy atom. The van der Waals surface area contributed by atoms with Gasteiger partial charge in [-0.05, 0) is 30.5 Å². The van der Waals surface area contributed by atoms with Gasteiger partial charge in [-0.25, -0.2) is 4.98 Å². The Hall–Kier alpha value is -2.16. The van der Waals surface area contributed by atoms with Crippen LogP contribution in [-0.2, 0) is 11.0 Å². The van der Waals surface area contributed by atoms with Crippen LogP contribution in [0.5, 0.6) is 0 Å². The second-order valence-corrected chi connectivity index (χ2v) is 6.52. The Morgan fingerprint density at radius 2 is 2.04 bits per heavy atom. The van der Waals surface area contributed by atoms with Gasteiger partial charge in [0.1, 0.15) is 10.5 Å². The number of hydrogen-bond acceptors (Lipinski definition) is 4. The number of fused-ring (bicyclic) bond motifs is 1. The summed E-state index contributed by atoms with van der Waals surface area (Å²) in [6.07, 6.45) is -4.62. The number of aliphatic carboxylic acids is 1. The van der Waals surface area contributed by atoms with Crippen LogP contribution in [0.1, 0.15) is 34.3 Å². The first-order chi connectivity index (χ1) is 11.1. The molecule has 0 aromatic carbocycles. The minimum absolute atomic E-state index is 0.0812. The van der Waals surface area contributed by atoms with Crippen LogP contribution in [-0.4, -0.2) is 28.5 Å². The zero-order valence-corrected chi connectivity index (χ0v) is 13.7. The van der Waals surface area contributed by atoms with E-state index in [0.717, 1.165) is 17.4 Å². The van der Waals surface area contributed by atoms with Gasteiger partial charge in [-0.2, -0.15) is 13.2 Å². The van der Waals surface area contributed by atoms with E-state index in [0.29, 0.717) is 10.9 Å². The van der Waals surface area contributed by atoms with Crippen LogP contribution in [0.15, 0.2) is 12.1 Å². The number of carboxylic acid groups (broad SMARTS) is 1. The number of hydrogen-bond donors (Lipinski definition) is 2. The third kappa shape index (κ3) is 4.02. The molecule has 24 heavy (non-hydrogen) atoms. The minimum atomic E-state index is -4.54. The first-order valence-corrected chi connectivity index (χ1v) is 7.88. The van der Waals surface area contributed by atoms with E-state index in [1.165, 1.54) is 6.07 Å². The molecular weight excluding hydrogens is 345 g/mol. The van der Waals surface area contributed by atoms with E-state index in [4.69, 9.17) is 5.11 Å². The van der Waals surface area contributed by atoms with Gasteiger partial charge in [-0.1, -0.05) is 6.92 Å². The lowest BCUT2D eigenvalue weighted by molar-refractivity contribution is -0.141. The maximum Gasteiger partial charge on any atom is 0.433 e. The molecule has 0 aliphatic carbocycles. The molecule has 2 N–H and O–H groups in total. The Morgan fingerprint density at radius 1 is 1.38 bits per heavy atom. The van der Waals surface area contributed by atoms with Crippen molar-refractivity contribution >= 4 is 33.4 Å². The van der Waals surface area contributed by atoms with Crippen molar-refractivity contribution in [3.63, 3.8) is 0 Å². The highest BCUT2D eigenvalue weighted by molar-refractivity contribution is 7.20. The number of rotatable bonds is 5. The second kappa shape index (κ2) is 6.76. The third-order valence-corrected chi connectivity index (χ3v) is 4.63. The number of thiophene rings is 1. The third-order valence-electron chi connectivity index (χ3n) is 3.43. The molecule has 0 saturated heterocycles.